The van der Waals surface area contributed by atoms with Gasteiger partial charge in [-0.25, -0.2) is 13.6 Å². The average Bonchev–Trinajstić information content (AvgIpc) is 2.49. The Morgan fingerprint density at radius 1 is 1.08 bits per heavy atom. The molecule has 2 N–H and O–H groups in total. The Bertz CT molecular complexity index is 869. The number of hydrogen-bond acceptors (Lipinski definition) is 2. The van der Waals surface area contributed by atoms with E-state index in [1.54, 1.807) is 0 Å². The van der Waals surface area contributed by atoms with E-state index in [-0.39, 0.29) is 5.02 Å². The second kappa shape index (κ2) is 7.73. The number of alkyl halides is 3. The molecule has 0 spiro atoms. The molecule has 2 aromatic rings. The first-order valence-electron chi connectivity index (χ1n) is 6.63. The molecule has 0 saturated carbocycles. The average molecular weight is 429 g/mol. The smallest absolute Gasteiger partial charge is 0.306 e. The lowest BCUT2D eigenvalue weighted by molar-refractivity contribution is -0.137. The number of benzene rings is 2. The van der Waals surface area contributed by atoms with Crippen LogP contribution in [0.3, 0.4) is 0 Å². The quantitative estimate of drug-likeness (QED) is 0.469. The molecule has 0 radical (unpaired) electrons. The summed E-state index contributed by atoms with van der Waals surface area (Å²) in [5, 5.41) is 2.81. The summed E-state index contributed by atoms with van der Waals surface area (Å²) in [7, 11) is 0. The van der Waals surface area contributed by atoms with Crippen LogP contribution in [-0.4, -0.2) is 11.0 Å². The van der Waals surface area contributed by atoms with Crippen LogP contribution in [0.2, 0.25) is 10.0 Å². The van der Waals surface area contributed by atoms with Crippen molar-refractivity contribution in [3.8, 4) is 0 Å². The van der Waals surface area contributed by atoms with Gasteiger partial charge in [-0.15, -0.1) is 0 Å². The Kier molecular flexibility index (Phi) is 6.05. The maximum atomic E-state index is 13.6. The molecule has 0 fully saturated rings. The van der Waals surface area contributed by atoms with E-state index >= 15 is 0 Å². The van der Waals surface area contributed by atoms with Crippen molar-refractivity contribution in [1.29, 1.82) is 0 Å². The highest BCUT2D eigenvalue weighted by molar-refractivity contribution is 7.80. The second-order valence-corrected chi connectivity index (χ2v) is 6.04. The maximum Gasteiger partial charge on any atom is 0.417 e. The highest BCUT2D eigenvalue weighted by atomic mass is 35.5. The zero-order valence-corrected chi connectivity index (χ0v) is 14.7. The first-order valence-corrected chi connectivity index (χ1v) is 7.79. The Hall–Kier alpha value is -1.97. The Balaban J connectivity index is 2.23. The van der Waals surface area contributed by atoms with Gasteiger partial charge in [-0.1, -0.05) is 41.5 Å². The van der Waals surface area contributed by atoms with Crippen molar-refractivity contribution in [3.05, 3.63) is 63.1 Å². The molecule has 11 heteroatoms. The van der Waals surface area contributed by atoms with Gasteiger partial charge in [0.15, 0.2) is 0 Å². The molecule has 0 saturated heterocycles. The SMILES string of the molecule is O=C(NC(=S)c1c(F)cccc1F)Nc1cc(Cl)cc(C(F)(F)F)c1Cl. The van der Waals surface area contributed by atoms with Gasteiger partial charge in [0.25, 0.3) is 0 Å². The monoisotopic (exact) mass is 428 g/mol. The molecule has 0 atom stereocenters. The van der Waals surface area contributed by atoms with Gasteiger partial charge in [-0.05, 0) is 24.3 Å². The van der Waals surface area contributed by atoms with Crippen molar-refractivity contribution in [2.24, 2.45) is 0 Å². The first-order chi connectivity index (χ1) is 12.0. The summed E-state index contributed by atoms with van der Waals surface area (Å²) < 4.78 is 65.9. The lowest BCUT2D eigenvalue weighted by Crippen LogP contribution is -2.35. The van der Waals surface area contributed by atoms with Crippen molar-refractivity contribution in [3.63, 3.8) is 0 Å². The largest absolute Gasteiger partial charge is 0.417 e. The Labute approximate surface area is 159 Å². The van der Waals surface area contributed by atoms with Crippen LogP contribution in [0.5, 0.6) is 0 Å². The van der Waals surface area contributed by atoms with Crippen molar-refractivity contribution < 1.29 is 26.7 Å². The first kappa shape index (κ1) is 20.3. The van der Waals surface area contributed by atoms with E-state index in [4.69, 9.17) is 35.4 Å². The van der Waals surface area contributed by atoms with Gasteiger partial charge in [0.2, 0.25) is 0 Å². The fourth-order valence-electron chi connectivity index (χ4n) is 1.92. The van der Waals surface area contributed by atoms with Crippen LogP contribution in [0.4, 0.5) is 32.4 Å². The van der Waals surface area contributed by atoms with E-state index in [9.17, 15) is 26.7 Å². The lowest BCUT2D eigenvalue weighted by atomic mass is 10.2. The normalized spacial score (nSPS) is 11.2. The summed E-state index contributed by atoms with van der Waals surface area (Å²) in [5.74, 6) is -2.04. The molecule has 0 aliphatic rings. The van der Waals surface area contributed by atoms with Crippen molar-refractivity contribution in [2.75, 3.05) is 5.32 Å². The number of anilines is 1. The van der Waals surface area contributed by atoms with Crippen LogP contribution < -0.4 is 10.6 Å². The molecule has 138 valence electrons. The van der Waals surface area contributed by atoms with Crippen LogP contribution in [0, 0.1) is 11.6 Å². The summed E-state index contributed by atoms with van der Waals surface area (Å²) >= 11 is 16.0. The van der Waals surface area contributed by atoms with Gasteiger partial charge in [-0.2, -0.15) is 13.2 Å². The summed E-state index contributed by atoms with van der Waals surface area (Å²) in [6, 6.07) is 3.36. The molecule has 0 aliphatic carbocycles. The minimum Gasteiger partial charge on any atom is -0.306 e. The number of thiocarbonyl (C=S) groups is 1. The van der Waals surface area contributed by atoms with Gasteiger partial charge in [-0.3, -0.25) is 5.32 Å². The molecule has 0 aliphatic heterocycles. The van der Waals surface area contributed by atoms with Crippen LogP contribution in [-0.2, 0) is 6.18 Å². The zero-order chi connectivity index (χ0) is 19.6. The number of hydrogen-bond donors (Lipinski definition) is 2. The van der Waals surface area contributed by atoms with Gasteiger partial charge in [0.05, 0.1) is 21.8 Å². The molecule has 0 aromatic heterocycles. The predicted molar refractivity (Wildman–Crippen MR) is 91.7 cm³/mol. The van der Waals surface area contributed by atoms with E-state index in [1.807, 2.05) is 10.6 Å². The topological polar surface area (TPSA) is 41.1 Å². The number of carbonyl (C=O) groups excluding carboxylic acids is 1. The third-order valence-electron chi connectivity index (χ3n) is 3.01. The molecule has 0 bridgehead atoms. The van der Waals surface area contributed by atoms with E-state index in [2.05, 4.69) is 0 Å². The molecule has 0 heterocycles. The molecule has 2 rings (SSSR count). The van der Waals surface area contributed by atoms with Gasteiger partial charge < -0.3 is 5.32 Å². The standard InChI is InChI=1S/C15H7Cl2F5N2OS/c16-6-4-7(15(20,21)22)12(17)10(5-6)23-14(25)24-13(26)11-8(18)2-1-3-9(11)19/h1-5H,(H2,23,24,25,26). The molecule has 2 amide bonds. The fraction of sp³-hybridized carbons (Fsp3) is 0.0667. The summed E-state index contributed by atoms with van der Waals surface area (Å²) in [4.78, 5) is 11.3. The number of nitrogens with one attached hydrogen (secondary N) is 2. The highest BCUT2D eigenvalue weighted by Gasteiger charge is 2.35. The predicted octanol–water partition coefficient (Wildman–Crippen LogP) is 5.79. The second-order valence-electron chi connectivity index (χ2n) is 4.82. The van der Waals surface area contributed by atoms with Crippen LogP contribution in [0.15, 0.2) is 30.3 Å². The lowest BCUT2D eigenvalue weighted by Gasteiger charge is -2.15. The molecular formula is C15H7Cl2F5N2OS. The molecule has 3 nitrogen and oxygen atoms in total. The van der Waals surface area contributed by atoms with Crippen molar-refractivity contribution in [1.82, 2.24) is 5.32 Å². The van der Waals surface area contributed by atoms with E-state index in [0.717, 1.165) is 24.3 Å². The molecule has 0 unspecified atom stereocenters. The summed E-state index contributed by atoms with van der Waals surface area (Å²) in [6.07, 6.45) is -4.81. The maximum absolute atomic E-state index is 13.6. The number of carbonyl (C=O) groups is 1. The van der Waals surface area contributed by atoms with E-state index in [0.29, 0.717) is 6.07 Å². The van der Waals surface area contributed by atoms with Gasteiger partial charge in [0.1, 0.15) is 16.6 Å². The fourth-order valence-corrected chi connectivity index (χ4v) is 2.69. The summed E-state index contributed by atoms with van der Waals surface area (Å²) in [6.45, 7) is 0. The van der Waals surface area contributed by atoms with Gasteiger partial charge >= 0.3 is 12.2 Å². The van der Waals surface area contributed by atoms with Crippen molar-refractivity contribution >= 4 is 52.1 Å². The Morgan fingerprint density at radius 3 is 2.19 bits per heavy atom. The molecular weight excluding hydrogens is 422 g/mol. The highest BCUT2D eigenvalue weighted by Crippen LogP contribution is 2.40. The number of amides is 2. The minimum atomic E-state index is -4.81. The van der Waals surface area contributed by atoms with Crippen LogP contribution in [0.1, 0.15) is 11.1 Å². The third-order valence-corrected chi connectivity index (χ3v) is 3.94. The minimum absolute atomic E-state index is 0.334. The zero-order valence-electron chi connectivity index (χ0n) is 12.3. The Morgan fingerprint density at radius 2 is 1.65 bits per heavy atom. The van der Waals surface area contributed by atoms with Gasteiger partial charge in [0, 0.05) is 5.02 Å². The molecule has 2 aromatic carbocycles. The van der Waals surface area contributed by atoms with Crippen LogP contribution >= 0.6 is 35.4 Å². The summed E-state index contributed by atoms with van der Waals surface area (Å²) in [5.41, 5.74) is -2.38. The number of urea groups is 1. The van der Waals surface area contributed by atoms with Crippen molar-refractivity contribution in [2.45, 2.75) is 6.18 Å². The number of rotatable bonds is 2. The number of halogens is 7. The third kappa shape index (κ3) is 4.60. The van der Waals surface area contributed by atoms with E-state index in [1.165, 1.54) is 0 Å². The molecule has 26 heavy (non-hydrogen) atoms. The van der Waals surface area contributed by atoms with E-state index < -0.39 is 50.7 Å². The van der Waals surface area contributed by atoms with Crippen LogP contribution in [0.25, 0.3) is 0 Å².